The van der Waals surface area contributed by atoms with Gasteiger partial charge in [-0.3, -0.25) is 4.90 Å². The molecule has 252 valence electrons. The Morgan fingerprint density at radius 3 is 2.56 bits per heavy atom. The van der Waals surface area contributed by atoms with Gasteiger partial charge in [0, 0.05) is 53.2 Å². The SMILES string of the molecule is CCC1C(C(=COC)C(=O)OC)CC2c3[nH]c4ccccc4c3CCN2C1c1c(O)cc2c(c1O)CC(O)C(c1ccc(O)c(O)c1)O2. The third kappa shape index (κ3) is 5.00. The van der Waals surface area contributed by atoms with E-state index in [1.54, 1.807) is 0 Å². The number of carbonyl (C=O) groups is 1. The number of aliphatic hydroxyl groups excluding tert-OH is 1. The number of hydrogen-bond acceptors (Lipinski definition) is 10. The fraction of sp³-hybridized carbons (Fsp3) is 0.378. The highest BCUT2D eigenvalue weighted by molar-refractivity contribution is 5.89. The van der Waals surface area contributed by atoms with Crippen LogP contribution in [0.15, 0.2) is 60.4 Å². The summed E-state index contributed by atoms with van der Waals surface area (Å²) in [5.74, 6) is -1.88. The van der Waals surface area contributed by atoms with E-state index in [-0.39, 0.29) is 53.0 Å². The molecule has 11 nitrogen and oxygen atoms in total. The van der Waals surface area contributed by atoms with Crippen LogP contribution in [0.25, 0.3) is 10.9 Å². The van der Waals surface area contributed by atoms with Crippen molar-refractivity contribution in [2.75, 3.05) is 20.8 Å². The minimum absolute atomic E-state index is 0.0142. The summed E-state index contributed by atoms with van der Waals surface area (Å²) in [6.07, 6.45) is 1.38. The number of fused-ring (bicyclic) bond motifs is 6. The summed E-state index contributed by atoms with van der Waals surface area (Å²) < 4.78 is 16.8. The molecule has 4 aromatic rings. The molecule has 3 aromatic carbocycles. The van der Waals surface area contributed by atoms with Gasteiger partial charge in [-0.05, 0) is 48.1 Å². The Kier molecular flexibility index (Phi) is 8.13. The van der Waals surface area contributed by atoms with Crippen LogP contribution in [0.5, 0.6) is 28.7 Å². The number of nitrogens with one attached hydrogen (secondary N) is 1. The molecule has 6 unspecified atom stereocenters. The maximum absolute atomic E-state index is 13.2. The standard InChI is InChI=1S/C37H40N2O9/c1-4-19-22(24(17-46-2)37(45)47-3)14-26-33-21(20-7-5-6-8-25(20)38-33)11-12-39(26)34(19)32-29(42)16-31-23(35(32)44)15-30(43)36(48-31)18-9-10-27(40)28(41)13-18/h5-10,13,16-17,19,22,26,30,34,36,38,40-44H,4,11-12,14-15H2,1-3H3. The number of piperidine rings is 1. The molecule has 11 heteroatoms. The number of aromatic amines is 1. The molecule has 1 saturated heterocycles. The van der Waals surface area contributed by atoms with E-state index < -0.39 is 24.2 Å². The minimum Gasteiger partial charge on any atom is -0.507 e. The number of aromatic nitrogens is 1. The summed E-state index contributed by atoms with van der Waals surface area (Å²) in [6, 6.07) is 13.1. The van der Waals surface area contributed by atoms with Crippen LogP contribution in [0, 0.1) is 11.8 Å². The Morgan fingerprint density at radius 2 is 1.83 bits per heavy atom. The topological polar surface area (TPSA) is 165 Å². The van der Waals surface area contributed by atoms with E-state index in [2.05, 4.69) is 22.0 Å². The van der Waals surface area contributed by atoms with Crippen molar-refractivity contribution in [3.63, 3.8) is 0 Å². The molecule has 0 radical (unpaired) electrons. The molecular formula is C37H40N2O9. The highest BCUT2D eigenvalue weighted by Gasteiger charge is 2.50. The van der Waals surface area contributed by atoms with Crippen LogP contribution in [-0.4, -0.2) is 68.3 Å². The van der Waals surface area contributed by atoms with E-state index in [1.165, 1.54) is 50.3 Å². The molecule has 7 rings (SSSR count). The second kappa shape index (κ2) is 12.3. The third-order valence-corrected chi connectivity index (χ3v) is 10.5. The van der Waals surface area contributed by atoms with Crippen LogP contribution in [0.1, 0.15) is 65.9 Å². The van der Waals surface area contributed by atoms with Crippen molar-refractivity contribution in [2.45, 2.75) is 56.9 Å². The smallest absolute Gasteiger partial charge is 0.337 e. The number of aromatic hydroxyl groups is 4. The fourth-order valence-electron chi connectivity index (χ4n) is 8.40. The van der Waals surface area contributed by atoms with Crippen molar-refractivity contribution in [3.05, 3.63) is 88.3 Å². The minimum atomic E-state index is -1.10. The van der Waals surface area contributed by atoms with E-state index in [4.69, 9.17) is 14.2 Å². The quantitative estimate of drug-likeness (QED) is 0.0684. The molecule has 4 heterocycles. The van der Waals surface area contributed by atoms with Gasteiger partial charge < -0.3 is 44.7 Å². The van der Waals surface area contributed by atoms with Gasteiger partial charge in [0.15, 0.2) is 11.5 Å². The number of aliphatic hydroxyl groups is 1. The van der Waals surface area contributed by atoms with Crippen LogP contribution in [-0.2, 0) is 27.1 Å². The number of phenolic OH excluding ortho intramolecular Hbond substituents is 4. The molecule has 3 aliphatic heterocycles. The summed E-state index contributed by atoms with van der Waals surface area (Å²) in [5.41, 5.74) is 4.77. The predicted octanol–water partition coefficient (Wildman–Crippen LogP) is 5.42. The molecule has 1 fully saturated rings. The Morgan fingerprint density at radius 1 is 1.04 bits per heavy atom. The maximum Gasteiger partial charge on any atom is 0.337 e. The van der Waals surface area contributed by atoms with Crippen LogP contribution >= 0.6 is 0 Å². The fourth-order valence-corrected chi connectivity index (χ4v) is 8.40. The zero-order chi connectivity index (χ0) is 33.9. The first-order valence-corrected chi connectivity index (χ1v) is 16.3. The zero-order valence-electron chi connectivity index (χ0n) is 27.0. The molecule has 48 heavy (non-hydrogen) atoms. The third-order valence-electron chi connectivity index (χ3n) is 10.5. The van der Waals surface area contributed by atoms with Gasteiger partial charge in [-0.15, -0.1) is 0 Å². The summed E-state index contributed by atoms with van der Waals surface area (Å²) in [4.78, 5) is 19.2. The number of rotatable bonds is 6. The van der Waals surface area contributed by atoms with Gasteiger partial charge in [-0.2, -0.15) is 0 Å². The number of benzene rings is 3. The van der Waals surface area contributed by atoms with Crippen molar-refractivity contribution in [1.82, 2.24) is 9.88 Å². The van der Waals surface area contributed by atoms with E-state index >= 15 is 0 Å². The number of nitrogens with zero attached hydrogens (tertiary/aromatic N) is 1. The Bertz CT molecular complexity index is 1920. The zero-order valence-corrected chi connectivity index (χ0v) is 27.0. The number of carbonyl (C=O) groups excluding carboxylic acids is 1. The van der Waals surface area contributed by atoms with Crippen LogP contribution < -0.4 is 4.74 Å². The molecule has 0 bridgehead atoms. The van der Waals surface area contributed by atoms with Gasteiger partial charge in [0.05, 0.1) is 43.8 Å². The summed E-state index contributed by atoms with van der Waals surface area (Å²) in [7, 11) is 2.83. The number of ether oxygens (including phenoxy) is 3. The Hall–Kier alpha value is -4.87. The average Bonchev–Trinajstić information content (AvgIpc) is 3.47. The molecule has 3 aliphatic rings. The first-order valence-electron chi connectivity index (χ1n) is 16.3. The summed E-state index contributed by atoms with van der Waals surface area (Å²) in [5, 5.41) is 56.0. The van der Waals surface area contributed by atoms with Crippen molar-refractivity contribution >= 4 is 16.9 Å². The highest BCUT2D eigenvalue weighted by Crippen LogP contribution is 2.58. The van der Waals surface area contributed by atoms with E-state index in [9.17, 15) is 30.3 Å². The lowest BCUT2D eigenvalue weighted by Gasteiger charge is -2.52. The van der Waals surface area contributed by atoms with Crippen molar-refractivity contribution < 1.29 is 44.5 Å². The van der Waals surface area contributed by atoms with Gasteiger partial charge in [0.2, 0.25) is 0 Å². The first kappa shape index (κ1) is 31.7. The van der Waals surface area contributed by atoms with Crippen molar-refractivity contribution in [2.24, 2.45) is 11.8 Å². The monoisotopic (exact) mass is 656 g/mol. The van der Waals surface area contributed by atoms with Crippen LogP contribution in [0.2, 0.25) is 0 Å². The van der Waals surface area contributed by atoms with Gasteiger partial charge in [0.25, 0.3) is 0 Å². The molecule has 0 saturated carbocycles. The van der Waals surface area contributed by atoms with Gasteiger partial charge in [-0.1, -0.05) is 37.6 Å². The van der Waals surface area contributed by atoms with Gasteiger partial charge >= 0.3 is 5.97 Å². The molecule has 1 aromatic heterocycles. The molecule has 6 N–H and O–H groups in total. The number of esters is 1. The van der Waals surface area contributed by atoms with Gasteiger partial charge in [0.1, 0.15) is 23.4 Å². The summed E-state index contributed by atoms with van der Waals surface area (Å²) in [6.45, 7) is 2.68. The lowest BCUT2D eigenvalue weighted by Crippen LogP contribution is -2.49. The number of H-pyrrole nitrogens is 1. The Labute approximate surface area is 277 Å². The van der Waals surface area contributed by atoms with E-state index in [0.29, 0.717) is 41.6 Å². The van der Waals surface area contributed by atoms with Crippen LogP contribution in [0.3, 0.4) is 0 Å². The summed E-state index contributed by atoms with van der Waals surface area (Å²) >= 11 is 0. The second-order valence-corrected chi connectivity index (χ2v) is 12.9. The highest BCUT2D eigenvalue weighted by atomic mass is 16.5. The van der Waals surface area contributed by atoms with Crippen LogP contribution in [0.4, 0.5) is 0 Å². The van der Waals surface area contributed by atoms with E-state index in [0.717, 1.165) is 23.0 Å². The second-order valence-electron chi connectivity index (χ2n) is 12.9. The molecular weight excluding hydrogens is 616 g/mol. The number of phenols is 4. The molecule has 0 aliphatic carbocycles. The maximum atomic E-state index is 13.2. The van der Waals surface area contributed by atoms with E-state index in [1.807, 2.05) is 19.1 Å². The lowest BCUT2D eigenvalue weighted by atomic mass is 9.68. The van der Waals surface area contributed by atoms with Crippen molar-refractivity contribution in [1.29, 1.82) is 0 Å². The largest absolute Gasteiger partial charge is 0.507 e. The molecule has 6 atom stereocenters. The number of methoxy groups -OCH3 is 2. The predicted molar refractivity (Wildman–Crippen MR) is 176 cm³/mol. The number of para-hydroxylation sites is 1. The molecule has 0 spiro atoms. The molecule has 0 amide bonds. The average molecular weight is 657 g/mol. The number of hydrogen-bond donors (Lipinski definition) is 6. The Balaban J connectivity index is 1.36. The normalized spacial score (nSPS) is 25.5. The first-order chi connectivity index (χ1) is 23.2. The van der Waals surface area contributed by atoms with Gasteiger partial charge in [-0.25, -0.2) is 4.79 Å². The van der Waals surface area contributed by atoms with Crippen molar-refractivity contribution in [3.8, 4) is 28.7 Å². The lowest BCUT2D eigenvalue weighted by molar-refractivity contribution is -0.138.